The number of hydrogen-bond acceptors (Lipinski definition) is 5. The van der Waals surface area contributed by atoms with E-state index in [4.69, 9.17) is 4.52 Å². The van der Waals surface area contributed by atoms with E-state index in [0.717, 1.165) is 50.7 Å². The smallest absolute Gasteiger partial charge is 0.317 e. The topological polar surface area (TPSA) is 64.8 Å². The Bertz CT molecular complexity index is 796. The van der Waals surface area contributed by atoms with Crippen LogP contribution < -0.4 is 5.32 Å². The van der Waals surface area contributed by atoms with Gasteiger partial charge in [0, 0.05) is 51.4 Å². The van der Waals surface area contributed by atoms with Crippen molar-refractivity contribution in [3.63, 3.8) is 0 Å². The van der Waals surface area contributed by atoms with Crippen molar-refractivity contribution < 1.29 is 9.32 Å². The van der Waals surface area contributed by atoms with Crippen LogP contribution in [0.2, 0.25) is 0 Å². The number of aromatic nitrogens is 1. The Morgan fingerprint density at radius 1 is 1.21 bits per heavy atom. The number of benzene rings is 1. The minimum Gasteiger partial charge on any atom is -0.360 e. The zero-order valence-electron chi connectivity index (χ0n) is 18.0. The maximum absolute atomic E-state index is 12.6. The van der Waals surface area contributed by atoms with Crippen LogP contribution in [-0.2, 0) is 19.6 Å². The SMILES string of the molecule is Cc1cc(CN2CCN(C(=O)NCc3ccccc3CN(C)C(C)C)CC2)on1. The fourth-order valence-corrected chi connectivity index (χ4v) is 3.44. The van der Waals surface area contributed by atoms with Gasteiger partial charge in [-0.05, 0) is 38.9 Å². The van der Waals surface area contributed by atoms with Crippen LogP contribution in [-0.4, -0.2) is 65.2 Å². The summed E-state index contributed by atoms with van der Waals surface area (Å²) in [6, 6.07) is 10.8. The molecular weight excluding hydrogens is 366 g/mol. The van der Waals surface area contributed by atoms with E-state index in [1.165, 1.54) is 11.1 Å². The van der Waals surface area contributed by atoms with Gasteiger partial charge in [0.2, 0.25) is 0 Å². The third-order valence-corrected chi connectivity index (χ3v) is 5.57. The van der Waals surface area contributed by atoms with Gasteiger partial charge in [0.05, 0.1) is 12.2 Å². The van der Waals surface area contributed by atoms with Gasteiger partial charge in [-0.3, -0.25) is 9.80 Å². The summed E-state index contributed by atoms with van der Waals surface area (Å²) in [7, 11) is 2.12. The monoisotopic (exact) mass is 399 g/mol. The fraction of sp³-hybridized carbons (Fsp3) is 0.545. The van der Waals surface area contributed by atoms with E-state index < -0.39 is 0 Å². The summed E-state index contributed by atoms with van der Waals surface area (Å²) in [5, 5.41) is 7.03. The molecule has 0 unspecified atom stereocenters. The first-order chi connectivity index (χ1) is 13.9. The van der Waals surface area contributed by atoms with Gasteiger partial charge in [0.15, 0.2) is 5.76 Å². The molecule has 2 amide bonds. The Balaban J connectivity index is 1.47. The van der Waals surface area contributed by atoms with Crippen molar-refractivity contribution in [3.8, 4) is 0 Å². The number of nitrogens with one attached hydrogen (secondary N) is 1. The molecule has 7 heteroatoms. The second-order valence-electron chi connectivity index (χ2n) is 8.13. The van der Waals surface area contributed by atoms with Crippen molar-refractivity contribution in [2.75, 3.05) is 33.2 Å². The number of carbonyl (C=O) groups excluding carboxylic acids is 1. The number of piperazine rings is 1. The summed E-state index contributed by atoms with van der Waals surface area (Å²) in [5.74, 6) is 0.878. The fourth-order valence-electron chi connectivity index (χ4n) is 3.44. The Labute approximate surface area is 173 Å². The highest BCUT2D eigenvalue weighted by Crippen LogP contribution is 2.13. The highest BCUT2D eigenvalue weighted by Gasteiger charge is 2.22. The molecule has 1 aliphatic heterocycles. The molecule has 158 valence electrons. The van der Waals surface area contributed by atoms with Crippen molar-refractivity contribution in [2.45, 2.75) is 46.4 Å². The molecule has 0 spiro atoms. The number of urea groups is 1. The number of carbonyl (C=O) groups is 1. The van der Waals surface area contributed by atoms with Crippen LogP contribution in [0, 0.1) is 6.92 Å². The first-order valence-electron chi connectivity index (χ1n) is 10.4. The zero-order valence-corrected chi connectivity index (χ0v) is 18.0. The van der Waals surface area contributed by atoms with Crippen LogP contribution in [0.5, 0.6) is 0 Å². The Hall–Kier alpha value is -2.38. The molecule has 7 nitrogen and oxygen atoms in total. The van der Waals surface area contributed by atoms with E-state index in [2.05, 4.69) is 59.4 Å². The van der Waals surface area contributed by atoms with Crippen LogP contribution in [0.1, 0.15) is 36.4 Å². The van der Waals surface area contributed by atoms with Crippen molar-refractivity contribution >= 4 is 6.03 Å². The summed E-state index contributed by atoms with van der Waals surface area (Å²) in [4.78, 5) is 19.1. The van der Waals surface area contributed by atoms with Gasteiger partial charge in [-0.15, -0.1) is 0 Å². The first kappa shape index (κ1) is 21.3. The molecule has 1 saturated heterocycles. The van der Waals surface area contributed by atoms with E-state index in [0.29, 0.717) is 12.6 Å². The molecule has 1 aliphatic rings. The van der Waals surface area contributed by atoms with Gasteiger partial charge < -0.3 is 14.7 Å². The Morgan fingerprint density at radius 3 is 2.52 bits per heavy atom. The van der Waals surface area contributed by atoms with Crippen LogP contribution in [0.25, 0.3) is 0 Å². The highest BCUT2D eigenvalue weighted by atomic mass is 16.5. The third-order valence-electron chi connectivity index (χ3n) is 5.57. The molecule has 1 N–H and O–H groups in total. The highest BCUT2D eigenvalue weighted by molar-refractivity contribution is 5.74. The summed E-state index contributed by atoms with van der Waals surface area (Å²) in [6.07, 6.45) is 0. The molecule has 0 radical (unpaired) electrons. The standard InChI is InChI=1S/C22H33N5O2/c1-17(2)25(4)15-20-8-6-5-7-19(20)14-23-22(28)27-11-9-26(10-12-27)16-21-13-18(3)24-29-21/h5-8,13,17H,9-12,14-16H2,1-4H3,(H,23,28). The average molecular weight is 400 g/mol. The minimum absolute atomic E-state index is 0.00665. The Kier molecular flexibility index (Phi) is 7.28. The van der Waals surface area contributed by atoms with Crippen LogP contribution >= 0.6 is 0 Å². The summed E-state index contributed by atoms with van der Waals surface area (Å²) in [6.45, 7) is 11.6. The third kappa shape index (κ3) is 6.05. The van der Waals surface area contributed by atoms with Crippen molar-refractivity contribution in [1.82, 2.24) is 25.2 Å². The van der Waals surface area contributed by atoms with Crippen LogP contribution in [0.4, 0.5) is 4.79 Å². The van der Waals surface area contributed by atoms with Crippen molar-refractivity contribution in [2.24, 2.45) is 0 Å². The first-order valence-corrected chi connectivity index (χ1v) is 10.4. The van der Waals surface area contributed by atoms with E-state index >= 15 is 0 Å². The predicted molar refractivity (Wildman–Crippen MR) is 113 cm³/mol. The largest absolute Gasteiger partial charge is 0.360 e. The number of hydrogen-bond donors (Lipinski definition) is 1. The molecule has 0 bridgehead atoms. The lowest BCUT2D eigenvalue weighted by Crippen LogP contribution is -2.51. The van der Waals surface area contributed by atoms with Crippen LogP contribution in [0.3, 0.4) is 0 Å². The lowest BCUT2D eigenvalue weighted by molar-refractivity contribution is 0.127. The quantitative estimate of drug-likeness (QED) is 0.776. The molecule has 0 saturated carbocycles. The Morgan fingerprint density at radius 2 is 1.90 bits per heavy atom. The molecule has 1 fully saturated rings. The summed E-state index contributed by atoms with van der Waals surface area (Å²) >= 11 is 0. The maximum Gasteiger partial charge on any atom is 0.317 e. The number of amides is 2. The molecule has 0 aliphatic carbocycles. The lowest BCUT2D eigenvalue weighted by Gasteiger charge is -2.34. The second-order valence-corrected chi connectivity index (χ2v) is 8.13. The predicted octanol–water partition coefficient (Wildman–Crippen LogP) is 2.85. The second kappa shape index (κ2) is 9.89. The molecule has 2 aromatic rings. The maximum atomic E-state index is 12.6. The molecule has 2 heterocycles. The van der Waals surface area contributed by atoms with Crippen molar-refractivity contribution in [1.29, 1.82) is 0 Å². The lowest BCUT2D eigenvalue weighted by atomic mass is 10.1. The number of rotatable bonds is 7. The van der Waals surface area contributed by atoms with E-state index in [1.54, 1.807) is 0 Å². The molecule has 1 aromatic carbocycles. The average Bonchev–Trinajstić information content (AvgIpc) is 3.12. The number of nitrogens with zero attached hydrogens (tertiary/aromatic N) is 4. The van der Waals surface area contributed by atoms with E-state index in [1.807, 2.05) is 24.0 Å². The van der Waals surface area contributed by atoms with E-state index in [-0.39, 0.29) is 6.03 Å². The van der Waals surface area contributed by atoms with Gasteiger partial charge in [0.1, 0.15) is 0 Å². The zero-order chi connectivity index (χ0) is 20.8. The molecular formula is C22H33N5O2. The van der Waals surface area contributed by atoms with Gasteiger partial charge >= 0.3 is 6.03 Å². The summed E-state index contributed by atoms with van der Waals surface area (Å²) < 4.78 is 5.29. The van der Waals surface area contributed by atoms with Gasteiger partial charge in [0.25, 0.3) is 0 Å². The van der Waals surface area contributed by atoms with E-state index in [9.17, 15) is 4.79 Å². The molecule has 1 aromatic heterocycles. The molecule has 3 rings (SSSR count). The van der Waals surface area contributed by atoms with Gasteiger partial charge in [-0.1, -0.05) is 29.4 Å². The minimum atomic E-state index is 0.00665. The molecule has 29 heavy (non-hydrogen) atoms. The number of aryl methyl sites for hydroxylation is 1. The summed E-state index contributed by atoms with van der Waals surface area (Å²) in [5.41, 5.74) is 3.33. The van der Waals surface area contributed by atoms with Gasteiger partial charge in [-0.2, -0.15) is 0 Å². The molecule has 0 atom stereocenters. The van der Waals surface area contributed by atoms with Gasteiger partial charge in [-0.25, -0.2) is 4.79 Å². The van der Waals surface area contributed by atoms with Crippen molar-refractivity contribution in [3.05, 3.63) is 52.9 Å². The van der Waals surface area contributed by atoms with Crippen LogP contribution in [0.15, 0.2) is 34.9 Å². The normalized spacial score (nSPS) is 15.3.